The fourth-order valence-corrected chi connectivity index (χ4v) is 4.85. The minimum atomic E-state index is -0.704. The maximum absolute atomic E-state index is 14.9. The topological polar surface area (TPSA) is 126 Å². The summed E-state index contributed by atoms with van der Waals surface area (Å²) in [5.41, 5.74) is 2.21. The van der Waals surface area contributed by atoms with Crippen LogP contribution < -0.4 is 15.6 Å². The minimum Gasteiger partial charge on any atom is -0.456 e. The van der Waals surface area contributed by atoms with Crippen LogP contribution in [0.25, 0.3) is 11.0 Å². The van der Waals surface area contributed by atoms with Crippen LogP contribution in [0.5, 0.6) is 11.5 Å². The van der Waals surface area contributed by atoms with Gasteiger partial charge in [-0.3, -0.25) is 4.79 Å². The van der Waals surface area contributed by atoms with Crippen LogP contribution in [0.15, 0.2) is 45.8 Å². The lowest BCUT2D eigenvalue weighted by Gasteiger charge is -2.35. The molecule has 2 aromatic heterocycles. The maximum atomic E-state index is 14.9. The van der Waals surface area contributed by atoms with E-state index in [0.29, 0.717) is 35.3 Å². The van der Waals surface area contributed by atoms with E-state index in [1.165, 1.54) is 12.1 Å². The number of carbonyl (C=O) groups is 1. The fraction of sp³-hybridized carbons (Fsp3) is 0.227. The number of nitrogens with one attached hydrogen (secondary N) is 2. The van der Waals surface area contributed by atoms with Gasteiger partial charge < -0.3 is 15.0 Å². The summed E-state index contributed by atoms with van der Waals surface area (Å²) in [7, 11) is 0. The number of aromatic amines is 1. The zero-order valence-electron chi connectivity index (χ0n) is 17.4. The summed E-state index contributed by atoms with van der Waals surface area (Å²) in [5, 5.41) is 16.8. The fourth-order valence-electron chi connectivity index (χ4n) is 4.65. The monoisotopic (exact) mass is 482 g/mol. The number of ether oxygens (including phenoxy) is 1. The molecule has 0 radical (unpaired) electrons. The number of hydrogen-bond donors (Lipinski definition) is 2. The van der Waals surface area contributed by atoms with Crippen molar-refractivity contribution in [2.75, 3.05) is 5.32 Å². The number of urea groups is 1. The minimum absolute atomic E-state index is 0.0712. The zero-order chi connectivity index (χ0) is 23.4. The van der Waals surface area contributed by atoms with E-state index in [1.807, 2.05) is 0 Å². The average Bonchev–Trinajstić information content (AvgIpc) is 3.40. The second-order valence-corrected chi connectivity index (χ2v) is 8.62. The van der Waals surface area contributed by atoms with E-state index in [4.69, 9.17) is 16.3 Å². The maximum Gasteiger partial charge on any atom is 0.322 e. The molecule has 2 aliphatic heterocycles. The van der Waals surface area contributed by atoms with Crippen molar-refractivity contribution in [3.63, 3.8) is 0 Å². The summed E-state index contributed by atoms with van der Waals surface area (Å²) < 4.78 is 25.2. The predicted octanol–water partition coefficient (Wildman–Crippen LogP) is 4.18. The Balaban J connectivity index is 1.22. The number of aromatic nitrogens is 4. The third-order valence-corrected chi connectivity index (χ3v) is 6.44. The number of halogens is 2. The number of fused-ring (bicyclic) bond motifs is 5. The Bertz CT molecular complexity index is 1500. The Kier molecular flexibility index (Phi) is 4.73. The van der Waals surface area contributed by atoms with Crippen molar-refractivity contribution < 1.29 is 18.6 Å². The first-order valence-electron chi connectivity index (χ1n) is 10.5. The van der Waals surface area contributed by atoms with Crippen molar-refractivity contribution in [1.82, 2.24) is 25.4 Å². The normalized spacial score (nSPS) is 18.7. The van der Waals surface area contributed by atoms with E-state index < -0.39 is 11.8 Å². The molecule has 12 heteroatoms. The molecule has 172 valence electrons. The Morgan fingerprint density at radius 2 is 2.06 bits per heavy atom. The van der Waals surface area contributed by atoms with Gasteiger partial charge in [-0.25, -0.2) is 18.9 Å². The van der Waals surface area contributed by atoms with Gasteiger partial charge in [0.1, 0.15) is 22.5 Å². The van der Waals surface area contributed by atoms with Crippen molar-refractivity contribution in [3.05, 3.63) is 68.8 Å². The van der Waals surface area contributed by atoms with Crippen molar-refractivity contribution in [2.45, 2.75) is 31.3 Å². The van der Waals surface area contributed by atoms with Crippen molar-refractivity contribution in [3.8, 4) is 11.5 Å². The van der Waals surface area contributed by atoms with Gasteiger partial charge in [0.2, 0.25) is 0 Å². The van der Waals surface area contributed by atoms with Gasteiger partial charge in [-0.2, -0.15) is 5.10 Å². The highest BCUT2D eigenvalue weighted by Gasteiger charge is 2.44. The molecule has 2 bridgehead atoms. The van der Waals surface area contributed by atoms with Gasteiger partial charge >= 0.3 is 6.03 Å². The lowest BCUT2D eigenvalue weighted by atomic mass is 9.99. The van der Waals surface area contributed by atoms with Gasteiger partial charge in [-0.05, 0) is 53.3 Å². The first-order valence-corrected chi connectivity index (χ1v) is 10.9. The average molecular weight is 483 g/mol. The van der Waals surface area contributed by atoms with Crippen molar-refractivity contribution in [1.29, 1.82) is 0 Å². The Labute approximate surface area is 195 Å². The first-order chi connectivity index (χ1) is 16.5. The van der Waals surface area contributed by atoms with Gasteiger partial charge in [0.05, 0.1) is 22.4 Å². The second-order valence-electron chi connectivity index (χ2n) is 8.21. The van der Waals surface area contributed by atoms with Crippen molar-refractivity contribution in [2.24, 2.45) is 0 Å². The molecule has 2 N–H and O–H groups in total. The quantitative estimate of drug-likeness (QED) is 0.448. The molecule has 1 saturated heterocycles. The predicted molar refractivity (Wildman–Crippen MR) is 118 cm³/mol. The van der Waals surface area contributed by atoms with Crippen LogP contribution in [0, 0.1) is 5.82 Å². The molecule has 0 unspecified atom stereocenters. The third kappa shape index (κ3) is 3.45. The standard InChI is InChI=1S/C22H16ClFN6O4/c23-13-8-16(14(24)9-19(13)33-12-2-3-15-17(7-12)29-34-28-15)25-22(32)30-11-1-4-18(30)21-10(5-11)6-20(31)26-27-21/h2-3,6-9,11,18H,1,4-5H2,(H,25,32)(H,26,31)/t11-,18+/m0/s1. The van der Waals surface area contributed by atoms with Crippen LogP contribution in [0.2, 0.25) is 5.02 Å². The largest absolute Gasteiger partial charge is 0.456 e. The Morgan fingerprint density at radius 3 is 2.94 bits per heavy atom. The molecule has 4 heterocycles. The zero-order valence-corrected chi connectivity index (χ0v) is 18.2. The van der Waals surface area contributed by atoms with E-state index in [0.717, 1.165) is 18.1 Å². The van der Waals surface area contributed by atoms with Gasteiger partial charge in [0, 0.05) is 24.2 Å². The molecule has 2 amide bonds. The molecule has 2 aromatic carbocycles. The van der Waals surface area contributed by atoms with Crippen LogP contribution in [0.3, 0.4) is 0 Å². The number of carbonyl (C=O) groups excluding carboxylic acids is 1. The Morgan fingerprint density at radius 1 is 1.21 bits per heavy atom. The number of H-pyrrole nitrogens is 1. The van der Waals surface area contributed by atoms with E-state index in [9.17, 15) is 14.0 Å². The van der Waals surface area contributed by atoms with E-state index in [1.54, 1.807) is 23.1 Å². The number of anilines is 1. The van der Waals surface area contributed by atoms with Gasteiger partial charge in [-0.1, -0.05) is 11.6 Å². The van der Waals surface area contributed by atoms with Crippen LogP contribution in [-0.2, 0) is 6.42 Å². The Hall–Kier alpha value is -3.99. The van der Waals surface area contributed by atoms with Crippen LogP contribution in [0.1, 0.15) is 30.1 Å². The van der Waals surface area contributed by atoms with E-state index in [-0.39, 0.29) is 34.1 Å². The lowest BCUT2D eigenvalue weighted by molar-refractivity contribution is 0.177. The SMILES string of the molecule is O=C(Nc1cc(Cl)c(Oc2ccc3nonc3c2)cc1F)N1[C@H]2CC[C@@H]1c1n[nH]c(=O)cc1C2. The second kappa shape index (κ2) is 7.80. The number of hydrogen-bond acceptors (Lipinski definition) is 7. The molecule has 6 rings (SSSR count). The first kappa shape index (κ1) is 20.6. The highest BCUT2D eigenvalue weighted by molar-refractivity contribution is 6.32. The van der Waals surface area contributed by atoms with Crippen LogP contribution in [-0.4, -0.2) is 37.5 Å². The molecule has 34 heavy (non-hydrogen) atoms. The highest BCUT2D eigenvalue weighted by atomic mass is 35.5. The lowest BCUT2D eigenvalue weighted by Crippen LogP contribution is -2.45. The number of amides is 2. The molecule has 4 aromatic rings. The molecule has 2 aliphatic rings. The molecule has 0 aliphatic carbocycles. The van der Waals surface area contributed by atoms with Gasteiger partial charge in [0.15, 0.2) is 5.82 Å². The van der Waals surface area contributed by atoms with Crippen molar-refractivity contribution >= 4 is 34.4 Å². The summed E-state index contributed by atoms with van der Waals surface area (Å²) in [5.74, 6) is -0.257. The number of rotatable bonds is 3. The molecule has 10 nitrogen and oxygen atoms in total. The summed E-state index contributed by atoms with van der Waals surface area (Å²) in [6.07, 6.45) is 2.01. The highest BCUT2D eigenvalue weighted by Crippen LogP contribution is 2.43. The third-order valence-electron chi connectivity index (χ3n) is 6.15. The molecule has 1 fully saturated rings. The van der Waals surface area contributed by atoms with E-state index >= 15 is 0 Å². The number of nitrogens with zero attached hydrogens (tertiary/aromatic N) is 4. The molecule has 0 spiro atoms. The van der Waals surface area contributed by atoms with Crippen LogP contribution in [0.4, 0.5) is 14.9 Å². The number of benzene rings is 2. The van der Waals surface area contributed by atoms with Gasteiger partial charge in [-0.15, -0.1) is 0 Å². The molecule has 0 saturated carbocycles. The smallest absolute Gasteiger partial charge is 0.322 e. The van der Waals surface area contributed by atoms with Crippen LogP contribution >= 0.6 is 11.6 Å². The molecule has 2 atom stereocenters. The van der Waals surface area contributed by atoms with E-state index in [2.05, 4.69) is 30.5 Å². The molecular formula is C22H16ClFN6O4. The summed E-state index contributed by atoms with van der Waals surface area (Å²) >= 11 is 6.32. The summed E-state index contributed by atoms with van der Waals surface area (Å²) in [6.45, 7) is 0. The summed E-state index contributed by atoms with van der Waals surface area (Å²) in [4.78, 5) is 26.4. The molecular weight excluding hydrogens is 467 g/mol. The summed E-state index contributed by atoms with van der Waals surface area (Å²) in [6, 6.07) is 7.95. The van der Waals surface area contributed by atoms with Gasteiger partial charge in [0.25, 0.3) is 5.56 Å².